The summed E-state index contributed by atoms with van der Waals surface area (Å²) >= 11 is 0. The van der Waals surface area contributed by atoms with Crippen LogP contribution in [0.3, 0.4) is 0 Å². The van der Waals surface area contributed by atoms with Crippen molar-refractivity contribution < 1.29 is 19.4 Å². The lowest BCUT2D eigenvalue weighted by Crippen LogP contribution is -2.42. The molecule has 0 unspecified atom stereocenters. The summed E-state index contributed by atoms with van der Waals surface area (Å²) in [5, 5.41) is 9.55. The molecule has 3 rings (SSSR count). The van der Waals surface area contributed by atoms with Crippen LogP contribution in [0.25, 0.3) is 0 Å². The zero-order valence-electron chi connectivity index (χ0n) is 15.4. The quantitative estimate of drug-likeness (QED) is 0.821. The third-order valence-electron chi connectivity index (χ3n) is 4.53. The molecule has 2 aromatic rings. The van der Waals surface area contributed by atoms with Crippen LogP contribution in [0.15, 0.2) is 41.3 Å². The van der Waals surface area contributed by atoms with Gasteiger partial charge in [-0.15, -0.1) is 0 Å². The lowest BCUT2D eigenvalue weighted by Gasteiger charge is -2.27. The molecule has 1 aliphatic heterocycles. The van der Waals surface area contributed by atoms with E-state index in [2.05, 4.69) is 0 Å². The van der Waals surface area contributed by atoms with Gasteiger partial charge in [0.1, 0.15) is 13.2 Å². The summed E-state index contributed by atoms with van der Waals surface area (Å²) in [6.45, 7) is 4.10. The molecule has 1 amide bonds. The fourth-order valence-electron chi connectivity index (χ4n) is 2.89. The van der Waals surface area contributed by atoms with E-state index in [0.717, 1.165) is 11.1 Å². The molecular formula is C20H24N2O5. The smallest absolute Gasteiger partial charge is 0.242 e. The van der Waals surface area contributed by atoms with Crippen LogP contribution in [-0.4, -0.2) is 46.8 Å². The maximum absolute atomic E-state index is 12.5. The van der Waals surface area contributed by atoms with E-state index in [0.29, 0.717) is 32.0 Å². The Kier molecular flexibility index (Phi) is 6.26. The second-order valence-corrected chi connectivity index (χ2v) is 6.55. The summed E-state index contributed by atoms with van der Waals surface area (Å²) in [5.41, 5.74) is 2.16. The number of ether oxygens (including phenoxy) is 2. The molecule has 1 aromatic carbocycles. The molecule has 0 saturated carbocycles. The van der Waals surface area contributed by atoms with Gasteiger partial charge in [0.15, 0.2) is 5.75 Å². The number of aliphatic hydroxyl groups is 1. The van der Waals surface area contributed by atoms with E-state index < -0.39 is 0 Å². The number of aliphatic hydroxyl groups excluding tert-OH is 1. The van der Waals surface area contributed by atoms with Crippen LogP contribution in [0.5, 0.6) is 5.75 Å². The molecule has 144 valence electrons. The molecule has 7 heteroatoms. The number of pyridine rings is 1. The lowest BCUT2D eigenvalue weighted by atomic mass is 10.2. The summed E-state index contributed by atoms with van der Waals surface area (Å²) in [4.78, 5) is 26.5. The molecule has 0 radical (unpaired) electrons. The maximum Gasteiger partial charge on any atom is 0.242 e. The van der Waals surface area contributed by atoms with Gasteiger partial charge in [-0.2, -0.15) is 0 Å². The minimum Gasteiger partial charge on any atom is -0.483 e. The number of morpholine rings is 1. The average Bonchev–Trinajstić information content (AvgIpc) is 2.69. The number of rotatable bonds is 6. The lowest BCUT2D eigenvalue weighted by molar-refractivity contribution is -0.135. The van der Waals surface area contributed by atoms with E-state index in [-0.39, 0.29) is 36.8 Å². The Morgan fingerprint density at radius 2 is 1.93 bits per heavy atom. The summed E-state index contributed by atoms with van der Waals surface area (Å²) in [6.07, 6.45) is 1.50. The Balaban J connectivity index is 1.74. The second kappa shape index (κ2) is 8.83. The standard InChI is InChI=1S/C20H24N2O5/c1-15-2-4-16(5-3-15)14-27-19-11-22(17(13-23)10-18(19)24)12-20(25)21-6-8-26-9-7-21/h2-5,10-11,23H,6-9,12-14H2,1H3. The van der Waals surface area contributed by atoms with Crippen molar-refractivity contribution >= 4 is 5.91 Å². The molecule has 1 aliphatic rings. The minimum absolute atomic E-state index is 0.0388. The van der Waals surface area contributed by atoms with Crippen molar-refractivity contribution in [2.24, 2.45) is 0 Å². The van der Waals surface area contributed by atoms with Crippen molar-refractivity contribution in [3.63, 3.8) is 0 Å². The first-order valence-corrected chi connectivity index (χ1v) is 8.95. The molecular weight excluding hydrogens is 348 g/mol. The van der Waals surface area contributed by atoms with Gasteiger partial charge in [0, 0.05) is 24.8 Å². The highest BCUT2D eigenvalue weighted by Gasteiger charge is 2.18. The van der Waals surface area contributed by atoms with Crippen molar-refractivity contribution in [3.8, 4) is 5.75 Å². The van der Waals surface area contributed by atoms with Gasteiger partial charge in [-0.1, -0.05) is 29.8 Å². The minimum atomic E-state index is -0.329. The highest BCUT2D eigenvalue weighted by atomic mass is 16.5. The molecule has 2 heterocycles. The first-order valence-electron chi connectivity index (χ1n) is 8.95. The number of aromatic nitrogens is 1. The van der Waals surface area contributed by atoms with E-state index in [1.165, 1.54) is 12.3 Å². The Labute approximate surface area is 157 Å². The number of nitrogens with zero attached hydrogens (tertiary/aromatic N) is 2. The molecule has 1 N–H and O–H groups in total. The molecule has 1 aromatic heterocycles. The van der Waals surface area contributed by atoms with Gasteiger partial charge < -0.3 is 24.0 Å². The first-order chi connectivity index (χ1) is 13.1. The van der Waals surface area contributed by atoms with Crippen LogP contribution < -0.4 is 10.2 Å². The van der Waals surface area contributed by atoms with Crippen molar-refractivity contribution in [3.05, 3.63) is 63.6 Å². The molecule has 0 atom stereocenters. The Bertz CT molecular complexity index is 838. The van der Waals surface area contributed by atoms with Crippen molar-refractivity contribution in [2.45, 2.75) is 26.7 Å². The summed E-state index contributed by atoms with van der Waals surface area (Å²) in [7, 11) is 0. The predicted octanol–water partition coefficient (Wildman–Crippen LogP) is 1.09. The summed E-state index contributed by atoms with van der Waals surface area (Å²) in [5.74, 6) is 0.0729. The van der Waals surface area contributed by atoms with Crippen molar-refractivity contribution in [1.82, 2.24) is 9.47 Å². The van der Waals surface area contributed by atoms with E-state index >= 15 is 0 Å². The third kappa shape index (κ3) is 4.96. The molecule has 1 fully saturated rings. The number of aryl methyl sites for hydroxylation is 1. The van der Waals surface area contributed by atoms with Crippen molar-refractivity contribution in [2.75, 3.05) is 26.3 Å². The predicted molar refractivity (Wildman–Crippen MR) is 99.5 cm³/mol. The van der Waals surface area contributed by atoms with E-state index in [4.69, 9.17) is 9.47 Å². The molecule has 7 nitrogen and oxygen atoms in total. The van der Waals surface area contributed by atoms with E-state index in [1.54, 1.807) is 9.47 Å². The molecule has 0 spiro atoms. The fourth-order valence-corrected chi connectivity index (χ4v) is 2.89. The molecule has 1 saturated heterocycles. The highest BCUT2D eigenvalue weighted by molar-refractivity contribution is 5.76. The highest BCUT2D eigenvalue weighted by Crippen LogP contribution is 2.12. The van der Waals surface area contributed by atoms with Gasteiger partial charge >= 0.3 is 0 Å². The normalized spacial score (nSPS) is 14.2. The van der Waals surface area contributed by atoms with Crippen LogP contribution in [0, 0.1) is 6.92 Å². The number of hydrogen-bond acceptors (Lipinski definition) is 5. The van der Waals surface area contributed by atoms with Gasteiger partial charge in [-0.25, -0.2) is 0 Å². The van der Waals surface area contributed by atoms with Gasteiger partial charge in [-0.05, 0) is 12.5 Å². The van der Waals surface area contributed by atoms with Crippen molar-refractivity contribution in [1.29, 1.82) is 0 Å². The fraction of sp³-hybridized carbons (Fsp3) is 0.400. The zero-order chi connectivity index (χ0) is 19.2. The van der Waals surface area contributed by atoms with E-state index in [1.807, 2.05) is 31.2 Å². The second-order valence-electron chi connectivity index (χ2n) is 6.55. The number of hydrogen-bond donors (Lipinski definition) is 1. The Morgan fingerprint density at radius 3 is 2.59 bits per heavy atom. The largest absolute Gasteiger partial charge is 0.483 e. The average molecular weight is 372 g/mol. The SMILES string of the molecule is Cc1ccc(COc2cn(CC(=O)N3CCOCC3)c(CO)cc2=O)cc1. The summed E-state index contributed by atoms with van der Waals surface area (Å²) in [6, 6.07) is 9.16. The van der Waals surface area contributed by atoms with Gasteiger partial charge in [0.2, 0.25) is 11.3 Å². The van der Waals surface area contributed by atoms with Crippen LogP contribution >= 0.6 is 0 Å². The summed E-state index contributed by atoms with van der Waals surface area (Å²) < 4.78 is 12.5. The molecule has 27 heavy (non-hydrogen) atoms. The van der Waals surface area contributed by atoms with Crippen LogP contribution in [0.2, 0.25) is 0 Å². The monoisotopic (exact) mass is 372 g/mol. The third-order valence-corrected chi connectivity index (χ3v) is 4.53. The molecule has 0 bridgehead atoms. The topological polar surface area (TPSA) is 81.0 Å². The van der Waals surface area contributed by atoms with Crippen LogP contribution in [0.4, 0.5) is 0 Å². The van der Waals surface area contributed by atoms with Crippen LogP contribution in [-0.2, 0) is 29.3 Å². The number of carbonyl (C=O) groups is 1. The first kappa shape index (κ1) is 19.1. The Hall–Kier alpha value is -2.64. The number of benzene rings is 1. The van der Waals surface area contributed by atoms with E-state index in [9.17, 15) is 14.7 Å². The van der Waals surface area contributed by atoms with Gasteiger partial charge in [0.25, 0.3) is 0 Å². The number of carbonyl (C=O) groups excluding carboxylic acids is 1. The number of amides is 1. The maximum atomic E-state index is 12.5. The zero-order valence-corrected chi connectivity index (χ0v) is 15.4. The Morgan fingerprint density at radius 1 is 1.22 bits per heavy atom. The van der Waals surface area contributed by atoms with Gasteiger partial charge in [0.05, 0.1) is 26.0 Å². The molecule has 0 aliphatic carbocycles. The van der Waals surface area contributed by atoms with Crippen LogP contribution in [0.1, 0.15) is 16.8 Å². The van der Waals surface area contributed by atoms with Gasteiger partial charge in [-0.3, -0.25) is 9.59 Å².